The maximum Gasteiger partial charge on any atom is 0.310 e. The molecule has 1 aliphatic heterocycles. The number of rotatable bonds is 5. The van der Waals surface area contributed by atoms with E-state index in [4.69, 9.17) is 5.11 Å². The second kappa shape index (κ2) is 5.78. The minimum atomic E-state index is -0.922. The van der Waals surface area contributed by atoms with Crippen molar-refractivity contribution >= 4 is 23.3 Å². The van der Waals surface area contributed by atoms with Crippen molar-refractivity contribution in [2.75, 3.05) is 24.5 Å². The number of carbonyl (C=O) groups is 2. The Morgan fingerprint density at radius 2 is 2.14 bits per heavy atom. The zero-order chi connectivity index (χ0) is 15.6. The number of hydrogen-bond donors (Lipinski definition) is 2. The molecule has 21 heavy (non-hydrogen) atoms. The summed E-state index contributed by atoms with van der Waals surface area (Å²) in [5.41, 5.74) is 0.462. The first-order chi connectivity index (χ1) is 9.93. The van der Waals surface area contributed by atoms with Crippen LogP contribution in [-0.2, 0) is 4.79 Å². The Labute approximate surface area is 120 Å². The number of nitrogens with one attached hydrogen (secondary N) is 1. The highest BCUT2D eigenvalue weighted by Gasteiger charge is 2.36. The smallest absolute Gasteiger partial charge is 0.310 e. The number of carboxylic acid groups (broad SMARTS) is 1. The number of anilines is 1. The van der Waals surface area contributed by atoms with Crippen LogP contribution in [0.4, 0.5) is 11.4 Å². The number of nitro groups is 1. The van der Waals surface area contributed by atoms with Crippen molar-refractivity contribution < 1.29 is 19.6 Å². The molecule has 1 aromatic rings. The fraction of sp³-hybridized carbons (Fsp3) is 0.385. The molecule has 112 valence electrons. The van der Waals surface area contributed by atoms with Crippen LogP contribution in [0.25, 0.3) is 0 Å². The van der Waals surface area contributed by atoms with Gasteiger partial charge in [0.05, 0.1) is 10.8 Å². The molecule has 0 saturated carbocycles. The van der Waals surface area contributed by atoms with Crippen LogP contribution in [0.1, 0.15) is 17.3 Å². The second-order valence-electron chi connectivity index (χ2n) is 4.76. The molecule has 0 radical (unpaired) electrons. The summed E-state index contributed by atoms with van der Waals surface area (Å²) in [5.74, 6) is -1.77. The first-order valence-electron chi connectivity index (χ1n) is 6.48. The average molecular weight is 293 g/mol. The van der Waals surface area contributed by atoms with E-state index in [-0.39, 0.29) is 30.4 Å². The number of amides is 1. The fourth-order valence-corrected chi connectivity index (χ4v) is 2.17. The zero-order valence-corrected chi connectivity index (χ0v) is 11.4. The van der Waals surface area contributed by atoms with Gasteiger partial charge in [-0.2, -0.15) is 0 Å². The molecule has 2 N–H and O–H groups in total. The highest BCUT2D eigenvalue weighted by molar-refractivity contribution is 5.96. The average Bonchev–Trinajstić information content (AvgIpc) is 2.36. The lowest BCUT2D eigenvalue weighted by Gasteiger charge is -2.38. The van der Waals surface area contributed by atoms with Gasteiger partial charge < -0.3 is 15.3 Å². The van der Waals surface area contributed by atoms with E-state index in [1.165, 1.54) is 18.2 Å². The molecule has 0 spiro atoms. The number of nitrogens with zero attached hydrogens (tertiary/aromatic N) is 2. The molecule has 0 aromatic heterocycles. The van der Waals surface area contributed by atoms with Crippen LogP contribution in [-0.4, -0.2) is 41.5 Å². The summed E-state index contributed by atoms with van der Waals surface area (Å²) in [4.78, 5) is 34.7. The summed E-state index contributed by atoms with van der Waals surface area (Å²) in [6.45, 7) is 2.64. The molecule has 0 atom stereocenters. The number of benzene rings is 1. The van der Waals surface area contributed by atoms with E-state index in [2.05, 4.69) is 5.32 Å². The number of carbonyl (C=O) groups excluding carboxylic acids is 1. The molecule has 0 unspecified atom stereocenters. The van der Waals surface area contributed by atoms with Crippen molar-refractivity contribution in [2.24, 2.45) is 5.92 Å². The molecular weight excluding hydrogens is 278 g/mol. The van der Waals surface area contributed by atoms with E-state index in [0.29, 0.717) is 12.1 Å². The highest BCUT2D eigenvalue weighted by Crippen LogP contribution is 2.34. The third-order valence-corrected chi connectivity index (χ3v) is 3.34. The largest absolute Gasteiger partial charge is 0.481 e. The van der Waals surface area contributed by atoms with Crippen LogP contribution in [0.5, 0.6) is 0 Å². The van der Waals surface area contributed by atoms with Crippen molar-refractivity contribution in [3.63, 3.8) is 0 Å². The van der Waals surface area contributed by atoms with Gasteiger partial charge in [-0.25, -0.2) is 0 Å². The SMILES string of the molecule is CCNC(=O)c1ccc([N+](=O)[O-])c(N2CC(C(=O)O)C2)c1. The number of carboxylic acids is 1. The van der Waals surface area contributed by atoms with Gasteiger partial charge in [-0.1, -0.05) is 0 Å². The summed E-state index contributed by atoms with van der Waals surface area (Å²) < 4.78 is 0. The standard InChI is InChI=1S/C13H15N3O5/c1-2-14-12(17)8-3-4-10(16(20)21)11(5-8)15-6-9(7-15)13(18)19/h3-5,9H,2,6-7H2,1H3,(H,14,17)(H,18,19). The predicted molar refractivity (Wildman–Crippen MR) is 74.4 cm³/mol. The van der Waals surface area contributed by atoms with Crippen LogP contribution in [0.15, 0.2) is 18.2 Å². The zero-order valence-electron chi connectivity index (χ0n) is 11.4. The first kappa shape index (κ1) is 14.8. The molecule has 1 aliphatic rings. The van der Waals surface area contributed by atoms with Gasteiger partial charge in [-0.15, -0.1) is 0 Å². The van der Waals surface area contributed by atoms with E-state index in [9.17, 15) is 19.7 Å². The summed E-state index contributed by atoms with van der Waals surface area (Å²) in [5, 5.41) is 22.5. The van der Waals surface area contributed by atoms with Crippen molar-refractivity contribution in [1.29, 1.82) is 0 Å². The summed E-state index contributed by atoms with van der Waals surface area (Å²) in [6, 6.07) is 4.09. The summed E-state index contributed by atoms with van der Waals surface area (Å²) in [6.07, 6.45) is 0. The molecule has 8 nitrogen and oxygen atoms in total. The van der Waals surface area contributed by atoms with Gasteiger partial charge in [0.25, 0.3) is 11.6 Å². The van der Waals surface area contributed by atoms with Gasteiger partial charge in [0.15, 0.2) is 0 Å². The first-order valence-corrected chi connectivity index (χ1v) is 6.48. The Bertz CT molecular complexity index is 595. The van der Waals surface area contributed by atoms with Crippen LogP contribution in [0.3, 0.4) is 0 Å². The third kappa shape index (κ3) is 2.93. The van der Waals surface area contributed by atoms with Crippen molar-refractivity contribution in [2.45, 2.75) is 6.92 Å². The van der Waals surface area contributed by atoms with E-state index >= 15 is 0 Å². The number of hydrogen-bond acceptors (Lipinski definition) is 5. The monoisotopic (exact) mass is 293 g/mol. The lowest BCUT2D eigenvalue weighted by Crippen LogP contribution is -2.50. The molecule has 1 fully saturated rings. The minimum absolute atomic E-state index is 0.133. The summed E-state index contributed by atoms with van der Waals surface area (Å²) in [7, 11) is 0. The quantitative estimate of drug-likeness (QED) is 0.615. The molecule has 8 heteroatoms. The Kier molecular flexibility index (Phi) is 4.06. The van der Waals surface area contributed by atoms with Gasteiger partial charge in [0.2, 0.25) is 0 Å². The molecule has 1 saturated heterocycles. The number of nitro benzene ring substituents is 1. The molecular formula is C13H15N3O5. The lowest BCUT2D eigenvalue weighted by atomic mass is 9.98. The van der Waals surface area contributed by atoms with Gasteiger partial charge in [0, 0.05) is 31.3 Å². The van der Waals surface area contributed by atoms with Crippen molar-refractivity contribution in [3.8, 4) is 0 Å². The van der Waals surface area contributed by atoms with Crippen molar-refractivity contribution in [1.82, 2.24) is 5.32 Å². The fourth-order valence-electron chi connectivity index (χ4n) is 2.17. The van der Waals surface area contributed by atoms with E-state index in [1.807, 2.05) is 0 Å². The van der Waals surface area contributed by atoms with E-state index < -0.39 is 16.8 Å². The number of aliphatic carboxylic acids is 1. The van der Waals surface area contributed by atoms with Gasteiger partial charge in [-0.05, 0) is 19.1 Å². The normalized spacial score (nSPS) is 14.4. The van der Waals surface area contributed by atoms with Crippen LogP contribution < -0.4 is 10.2 Å². The van der Waals surface area contributed by atoms with Gasteiger partial charge in [0.1, 0.15) is 5.69 Å². The van der Waals surface area contributed by atoms with Crippen LogP contribution in [0, 0.1) is 16.0 Å². The van der Waals surface area contributed by atoms with E-state index in [1.54, 1.807) is 11.8 Å². The molecule has 1 aromatic carbocycles. The maximum absolute atomic E-state index is 11.8. The predicted octanol–water partition coefficient (Wildman–Crippen LogP) is 0.865. The van der Waals surface area contributed by atoms with E-state index in [0.717, 1.165) is 0 Å². The molecule has 1 amide bonds. The Balaban J connectivity index is 2.28. The van der Waals surface area contributed by atoms with Crippen LogP contribution in [0.2, 0.25) is 0 Å². The van der Waals surface area contributed by atoms with Gasteiger partial charge in [-0.3, -0.25) is 19.7 Å². The molecule has 0 bridgehead atoms. The topological polar surface area (TPSA) is 113 Å². The molecule has 1 heterocycles. The summed E-state index contributed by atoms with van der Waals surface area (Å²) >= 11 is 0. The lowest BCUT2D eigenvalue weighted by molar-refractivity contribution is -0.384. The molecule has 0 aliphatic carbocycles. The van der Waals surface area contributed by atoms with Gasteiger partial charge >= 0.3 is 5.97 Å². The van der Waals surface area contributed by atoms with Crippen LogP contribution >= 0.6 is 0 Å². The minimum Gasteiger partial charge on any atom is -0.481 e. The molecule has 2 rings (SSSR count). The maximum atomic E-state index is 11.8. The second-order valence-corrected chi connectivity index (χ2v) is 4.76. The van der Waals surface area contributed by atoms with Crippen molar-refractivity contribution in [3.05, 3.63) is 33.9 Å². The Hall–Kier alpha value is -2.64. The Morgan fingerprint density at radius 3 is 2.67 bits per heavy atom. The highest BCUT2D eigenvalue weighted by atomic mass is 16.6. The Morgan fingerprint density at radius 1 is 1.48 bits per heavy atom. The third-order valence-electron chi connectivity index (χ3n) is 3.34.